The van der Waals surface area contributed by atoms with E-state index >= 15 is 0 Å². The van der Waals surface area contributed by atoms with E-state index in [2.05, 4.69) is 10.6 Å². The van der Waals surface area contributed by atoms with E-state index in [0.717, 1.165) is 5.56 Å². The van der Waals surface area contributed by atoms with Crippen molar-refractivity contribution >= 4 is 29.3 Å². The standard InChI is InChI=1S/C24H31N3O4/c1-14(2)12-21(27-23(30)19-10-5-6-11-20(19)24(27)31)22(29)25-15(3)17-8-7-9-18(13-17)26-16(4)28/h5-9,13-15,19-21H,10-12H2,1-4H3,(H,25,29)(H,26,28). The van der Waals surface area contributed by atoms with Gasteiger partial charge >= 0.3 is 0 Å². The molecule has 166 valence electrons. The van der Waals surface area contributed by atoms with Crippen molar-refractivity contribution in [1.29, 1.82) is 0 Å². The van der Waals surface area contributed by atoms with Gasteiger partial charge in [0.1, 0.15) is 6.04 Å². The van der Waals surface area contributed by atoms with E-state index < -0.39 is 6.04 Å². The number of likely N-dealkylation sites (tertiary alicyclic amines) is 1. The van der Waals surface area contributed by atoms with Gasteiger partial charge in [-0.1, -0.05) is 38.1 Å². The van der Waals surface area contributed by atoms with Crippen LogP contribution < -0.4 is 10.6 Å². The van der Waals surface area contributed by atoms with Gasteiger partial charge in [-0.15, -0.1) is 0 Å². The third kappa shape index (κ3) is 5.03. The zero-order chi connectivity index (χ0) is 22.7. The quantitative estimate of drug-likeness (QED) is 0.518. The lowest BCUT2D eigenvalue weighted by atomic mass is 9.85. The number of fused-ring (bicyclic) bond motifs is 1. The van der Waals surface area contributed by atoms with E-state index in [1.54, 1.807) is 18.2 Å². The molecular weight excluding hydrogens is 394 g/mol. The number of amides is 4. The van der Waals surface area contributed by atoms with Crippen LogP contribution in [-0.2, 0) is 19.2 Å². The van der Waals surface area contributed by atoms with E-state index in [9.17, 15) is 19.2 Å². The number of allylic oxidation sites excluding steroid dienone is 2. The van der Waals surface area contributed by atoms with Gasteiger partial charge in [-0.05, 0) is 49.8 Å². The van der Waals surface area contributed by atoms with Crippen molar-refractivity contribution in [2.24, 2.45) is 17.8 Å². The van der Waals surface area contributed by atoms with Gasteiger partial charge in [0.25, 0.3) is 0 Å². The summed E-state index contributed by atoms with van der Waals surface area (Å²) in [5.74, 6) is -1.55. The first-order chi connectivity index (χ1) is 14.7. The van der Waals surface area contributed by atoms with Crippen molar-refractivity contribution in [2.75, 3.05) is 5.32 Å². The molecule has 1 aliphatic heterocycles. The van der Waals surface area contributed by atoms with Crippen LogP contribution in [0.2, 0.25) is 0 Å². The predicted molar refractivity (Wildman–Crippen MR) is 118 cm³/mol. The van der Waals surface area contributed by atoms with Gasteiger partial charge in [-0.25, -0.2) is 0 Å². The number of carbonyl (C=O) groups excluding carboxylic acids is 4. The lowest BCUT2D eigenvalue weighted by Crippen LogP contribution is -2.51. The molecule has 4 amide bonds. The van der Waals surface area contributed by atoms with E-state index in [0.29, 0.717) is 24.9 Å². The number of nitrogens with zero attached hydrogens (tertiary/aromatic N) is 1. The summed E-state index contributed by atoms with van der Waals surface area (Å²) < 4.78 is 0. The molecule has 1 heterocycles. The molecule has 7 nitrogen and oxygen atoms in total. The third-order valence-corrected chi connectivity index (χ3v) is 5.92. The Morgan fingerprint density at radius 2 is 1.68 bits per heavy atom. The van der Waals surface area contributed by atoms with Crippen LogP contribution in [0.4, 0.5) is 5.69 Å². The number of carbonyl (C=O) groups is 4. The SMILES string of the molecule is CC(=O)Nc1cccc(C(C)NC(=O)C(CC(C)C)N2C(=O)C3CC=CCC3C2=O)c1. The Balaban J connectivity index is 1.78. The zero-order valence-corrected chi connectivity index (χ0v) is 18.6. The maximum absolute atomic E-state index is 13.3. The first-order valence-electron chi connectivity index (χ1n) is 10.9. The average Bonchev–Trinajstić information content (AvgIpc) is 2.96. The number of hydrogen-bond donors (Lipinski definition) is 2. The van der Waals surface area contributed by atoms with Crippen molar-refractivity contribution < 1.29 is 19.2 Å². The Kier molecular flexibility index (Phi) is 6.93. The lowest BCUT2D eigenvalue weighted by molar-refractivity contribution is -0.148. The van der Waals surface area contributed by atoms with Crippen LogP contribution >= 0.6 is 0 Å². The molecule has 4 atom stereocenters. The highest BCUT2D eigenvalue weighted by molar-refractivity contribution is 6.08. The fraction of sp³-hybridized carbons (Fsp3) is 0.500. The van der Waals surface area contributed by atoms with Gasteiger partial charge in [0.05, 0.1) is 17.9 Å². The Morgan fingerprint density at radius 3 is 2.23 bits per heavy atom. The van der Waals surface area contributed by atoms with Crippen molar-refractivity contribution in [3.05, 3.63) is 42.0 Å². The van der Waals surface area contributed by atoms with Gasteiger partial charge < -0.3 is 10.6 Å². The number of nitrogens with one attached hydrogen (secondary N) is 2. The van der Waals surface area contributed by atoms with Gasteiger partial charge in [-0.3, -0.25) is 24.1 Å². The summed E-state index contributed by atoms with van der Waals surface area (Å²) >= 11 is 0. The van der Waals surface area contributed by atoms with Crippen molar-refractivity contribution in [2.45, 2.75) is 59.0 Å². The molecule has 0 spiro atoms. The molecule has 0 saturated carbocycles. The Hall–Kier alpha value is -2.96. The van der Waals surface area contributed by atoms with E-state index in [4.69, 9.17) is 0 Å². The first-order valence-corrected chi connectivity index (χ1v) is 10.9. The average molecular weight is 426 g/mol. The Bertz CT molecular complexity index is 882. The summed E-state index contributed by atoms with van der Waals surface area (Å²) in [6.07, 6.45) is 5.39. The maximum Gasteiger partial charge on any atom is 0.243 e. The maximum atomic E-state index is 13.3. The number of imide groups is 1. The van der Waals surface area contributed by atoms with Crippen molar-refractivity contribution in [3.8, 4) is 0 Å². The molecule has 3 rings (SSSR count). The van der Waals surface area contributed by atoms with Crippen LogP contribution in [0.25, 0.3) is 0 Å². The van der Waals surface area contributed by atoms with E-state index in [1.807, 2.05) is 39.0 Å². The number of benzene rings is 1. The number of rotatable bonds is 7. The van der Waals surface area contributed by atoms with Crippen LogP contribution in [0.1, 0.15) is 58.6 Å². The molecule has 0 radical (unpaired) electrons. The monoisotopic (exact) mass is 425 g/mol. The predicted octanol–water partition coefficient (Wildman–Crippen LogP) is 3.19. The second kappa shape index (κ2) is 9.45. The molecule has 2 aliphatic rings. The summed E-state index contributed by atoms with van der Waals surface area (Å²) in [7, 11) is 0. The minimum absolute atomic E-state index is 0.135. The molecule has 7 heteroatoms. The number of hydrogen-bond acceptors (Lipinski definition) is 4. The summed E-state index contributed by atoms with van der Waals surface area (Å²) in [4.78, 5) is 51.9. The molecule has 0 aromatic heterocycles. The fourth-order valence-electron chi connectivity index (χ4n) is 4.39. The third-order valence-electron chi connectivity index (χ3n) is 5.92. The molecule has 1 fully saturated rings. The summed E-state index contributed by atoms with van der Waals surface area (Å²) in [5, 5.41) is 5.70. The molecule has 1 saturated heterocycles. The molecule has 1 aliphatic carbocycles. The zero-order valence-electron chi connectivity index (χ0n) is 18.6. The second-order valence-electron chi connectivity index (χ2n) is 8.88. The van der Waals surface area contributed by atoms with Gasteiger partial charge in [0.2, 0.25) is 23.6 Å². The first kappa shape index (κ1) is 22.7. The largest absolute Gasteiger partial charge is 0.348 e. The molecule has 1 aromatic carbocycles. The highest BCUT2D eigenvalue weighted by Gasteiger charge is 2.51. The number of anilines is 1. The minimum atomic E-state index is -0.827. The lowest BCUT2D eigenvalue weighted by Gasteiger charge is -2.29. The van der Waals surface area contributed by atoms with Crippen LogP contribution in [0, 0.1) is 17.8 Å². The van der Waals surface area contributed by atoms with Crippen LogP contribution in [0.5, 0.6) is 0 Å². The summed E-state index contributed by atoms with van der Waals surface area (Å²) in [5.41, 5.74) is 1.46. The summed E-state index contributed by atoms with van der Waals surface area (Å²) in [6, 6.07) is 6.06. The van der Waals surface area contributed by atoms with Gasteiger partial charge in [-0.2, -0.15) is 0 Å². The topological polar surface area (TPSA) is 95.6 Å². The molecular formula is C24H31N3O4. The Morgan fingerprint density at radius 1 is 1.06 bits per heavy atom. The van der Waals surface area contributed by atoms with Gasteiger partial charge in [0, 0.05) is 12.6 Å². The normalized spacial score (nSPS) is 22.3. The Labute approximate surface area is 183 Å². The molecule has 2 N–H and O–H groups in total. The molecule has 31 heavy (non-hydrogen) atoms. The van der Waals surface area contributed by atoms with E-state index in [1.165, 1.54) is 11.8 Å². The summed E-state index contributed by atoms with van der Waals surface area (Å²) in [6.45, 7) is 7.22. The highest BCUT2D eigenvalue weighted by atomic mass is 16.2. The van der Waals surface area contributed by atoms with Crippen molar-refractivity contribution in [1.82, 2.24) is 10.2 Å². The van der Waals surface area contributed by atoms with Crippen LogP contribution in [0.15, 0.2) is 36.4 Å². The molecule has 4 unspecified atom stereocenters. The van der Waals surface area contributed by atoms with Crippen LogP contribution in [0.3, 0.4) is 0 Å². The minimum Gasteiger partial charge on any atom is -0.348 e. The van der Waals surface area contributed by atoms with Gasteiger partial charge in [0.15, 0.2) is 0 Å². The van der Waals surface area contributed by atoms with Crippen LogP contribution in [-0.4, -0.2) is 34.6 Å². The van der Waals surface area contributed by atoms with E-state index in [-0.39, 0.29) is 47.4 Å². The van der Waals surface area contributed by atoms with Crippen molar-refractivity contribution in [3.63, 3.8) is 0 Å². The molecule has 1 aromatic rings. The smallest absolute Gasteiger partial charge is 0.243 e. The second-order valence-corrected chi connectivity index (χ2v) is 8.88. The highest BCUT2D eigenvalue weighted by Crippen LogP contribution is 2.37. The fourth-order valence-corrected chi connectivity index (χ4v) is 4.39. The molecule has 0 bridgehead atoms.